The van der Waals surface area contributed by atoms with Gasteiger partial charge >= 0.3 is 0 Å². The van der Waals surface area contributed by atoms with Gasteiger partial charge in [0.05, 0.1) is 6.10 Å². The van der Waals surface area contributed by atoms with Crippen LogP contribution in [0.15, 0.2) is 0 Å². The fourth-order valence-electron chi connectivity index (χ4n) is 0.562. The van der Waals surface area contributed by atoms with E-state index in [1.807, 2.05) is 6.92 Å². The largest absolute Gasteiger partial charge is 0.377 e. The lowest BCUT2D eigenvalue weighted by Crippen LogP contribution is -2.14. The van der Waals surface area contributed by atoms with Crippen LogP contribution in [0, 0.1) is 0 Å². The van der Waals surface area contributed by atoms with Gasteiger partial charge in [-0.15, -0.1) is 23.2 Å². The van der Waals surface area contributed by atoms with Crippen LogP contribution in [0.5, 0.6) is 0 Å². The third kappa shape index (κ3) is 5.01. The van der Waals surface area contributed by atoms with Gasteiger partial charge in [-0.1, -0.05) is 0 Å². The van der Waals surface area contributed by atoms with Crippen LogP contribution < -0.4 is 0 Å². The Bertz CT molecular complexity index is 53.0. The molecule has 1 nitrogen and oxygen atoms in total. The molecule has 0 aromatic rings. The van der Waals surface area contributed by atoms with Crippen LogP contribution in [0.4, 0.5) is 0 Å². The summed E-state index contributed by atoms with van der Waals surface area (Å²) in [6.07, 6.45) is 0.994. The summed E-state index contributed by atoms with van der Waals surface area (Å²) >= 11 is 11.0. The number of hydrogen-bond donors (Lipinski definition) is 0. The van der Waals surface area contributed by atoms with Crippen molar-refractivity contribution < 1.29 is 4.74 Å². The molecule has 0 saturated carbocycles. The lowest BCUT2D eigenvalue weighted by atomic mass is 10.3. The predicted octanol–water partition coefficient (Wildman–Crippen LogP) is 2.26. The summed E-state index contributed by atoms with van der Waals surface area (Å²) < 4.78 is 5.22. The quantitative estimate of drug-likeness (QED) is 0.576. The van der Waals surface area contributed by atoms with Crippen molar-refractivity contribution in [3.63, 3.8) is 0 Å². The molecule has 0 N–H and O–H groups in total. The van der Waals surface area contributed by atoms with Crippen molar-refractivity contribution >= 4 is 23.2 Å². The predicted molar refractivity (Wildman–Crippen MR) is 41.5 cm³/mol. The fourth-order valence-corrected chi connectivity index (χ4v) is 1.05. The maximum atomic E-state index is 5.54. The first-order chi connectivity index (χ1) is 4.35. The molecule has 0 saturated heterocycles. The van der Waals surface area contributed by atoms with Crippen molar-refractivity contribution in [1.29, 1.82) is 0 Å². The first kappa shape index (κ1) is 9.54. The molecular weight excluding hydrogens is 159 g/mol. The monoisotopic (exact) mass is 170 g/mol. The van der Waals surface area contributed by atoms with Gasteiger partial charge in [-0.05, 0) is 13.3 Å². The van der Waals surface area contributed by atoms with Gasteiger partial charge in [0.25, 0.3) is 0 Å². The highest BCUT2D eigenvalue weighted by Crippen LogP contribution is 2.01. The Kier molecular flexibility index (Phi) is 7.06. The molecule has 0 aliphatic carbocycles. The van der Waals surface area contributed by atoms with Crippen LogP contribution in [-0.4, -0.2) is 24.5 Å². The average molecular weight is 171 g/mol. The molecule has 1 unspecified atom stereocenters. The summed E-state index contributed by atoms with van der Waals surface area (Å²) in [6.45, 7) is 2.67. The smallest absolute Gasteiger partial charge is 0.0721 e. The molecule has 0 rings (SSSR count). The number of halogens is 2. The normalized spacial score (nSPS) is 13.7. The van der Waals surface area contributed by atoms with Gasteiger partial charge in [-0.2, -0.15) is 0 Å². The first-order valence-electron chi connectivity index (χ1n) is 3.08. The molecular formula is C6H12Cl2O. The Balaban J connectivity index is 3.18. The maximum Gasteiger partial charge on any atom is 0.0721 e. The van der Waals surface area contributed by atoms with Gasteiger partial charge in [-0.3, -0.25) is 0 Å². The highest BCUT2D eigenvalue weighted by Gasteiger charge is 2.03. The van der Waals surface area contributed by atoms with Crippen molar-refractivity contribution in [2.24, 2.45) is 0 Å². The minimum atomic E-state index is 0.147. The lowest BCUT2D eigenvalue weighted by Gasteiger charge is -2.10. The first-order valence-corrected chi connectivity index (χ1v) is 4.15. The van der Waals surface area contributed by atoms with Crippen LogP contribution in [0.25, 0.3) is 0 Å². The van der Waals surface area contributed by atoms with Crippen LogP contribution in [0.1, 0.15) is 13.3 Å². The summed E-state index contributed by atoms with van der Waals surface area (Å²) in [7, 11) is 0. The third-order valence-electron chi connectivity index (χ3n) is 1.01. The van der Waals surface area contributed by atoms with Crippen molar-refractivity contribution in [3.8, 4) is 0 Å². The molecule has 0 fully saturated rings. The van der Waals surface area contributed by atoms with E-state index in [0.29, 0.717) is 18.4 Å². The molecule has 0 aromatic carbocycles. The molecule has 0 amide bonds. The van der Waals surface area contributed by atoms with Gasteiger partial charge in [0, 0.05) is 18.4 Å². The van der Waals surface area contributed by atoms with Gasteiger partial charge in [0.2, 0.25) is 0 Å². The molecule has 0 radical (unpaired) electrons. The van der Waals surface area contributed by atoms with Gasteiger partial charge < -0.3 is 4.74 Å². The topological polar surface area (TPSA) is 9.23 Å². The Morgan fingerprint density at radius 2 is 2.11 bits per heavy atom. The Morgan fingerprint density at radius 3 is 2.44 bits per heavy atom. The van der Waals surface area contributed by atoms with Crippen molar-refractivity contribution in [3.05, 3.63) is 0 Å². The second-order valence-electron chi connectivity index (χ2n) is 1.71. The van der Waals surface area contributed by atoms with Gasteiger partial charge in [0.1, 0.15) is 0 Å². The van der Waals surface area contributed by atoms with Crippen LogP contribution >= 0.6 is 23.2 Å². The van der Waals surface area contributed by atoms with Crippen molar-refractivity contribution in [2.45, 2.75) is 19.4 Å². The second kappa shape index (κ2) is 6.66. The van der Waals surface area contributed by atoms with E-state index in [1.54, 1.807) is 0 Å². The zero-order valence-electron chi connectivity index (χ0n) is 5.57. The molecule has 0 aliphatic heterocycles. The summed E-state index contributed by atoms with van der Waals surface area (Å²) in [4.78, 5) is 0. The Labute approximate surface area is 66.3 Å². The zero-order chi connectivity index (χ0) is 7.11. The van der Waals surface area contributed by atoms with Gasteiger partial charge in [0.15, 0.2) is 0 Å². The molecule has 3 heteroatoms. The van der Waals surface area contributed by atoms with E-state index >= 15 is 0 Å². The molecule has 0 aromatic heterocycles. The highest BCUT2D eigenvalue weighted by molar-refractivity contribution is 6.19. The highest BCUT2D eigenvalue weighted by atomic mass is 35.5. The summed E-state index contributed by atoms with van der Waals surface area (Å²) in [5.74, 6) is 1.16. The number of rotatable bonds is 5. The Hall–Kier alpha value is 0.540. The van der Waals surface area contributed by atoms with E-state index < -0.39 is 0 Å². The average Bonchev–Trinajstić information content (AvgIpc) is 1.88. The minimum absolute atomic E-state index is 0.147. The molecule has 0 aliphatic rings. The third-order valence-corrected chi connectivity index (χ3v) is 1.57. The van der Waals surface area contributed by atoms with Crippen LogP contribution in [0.3, 0.4) is 0 Å². The summed E-state index contributed by atoms with van der Waals surface area (Å²) in [6, 6.07) is 0. The summed E-state index contributed by atoms with van der Waals surface area (Å²) in [5.41, 5.74) is 0. The van der Waals surface area contributed by atoms with Crippen LogP contribution in [-0.2, 0) is 4.74 Å². The number of alkyl halides is 2. The number of hydrogen-bond acceptors (Lipinski definition) is 1. The fraction of sp³-hybridized carbons (Fsp3) is 1.00. The van der Waals surface area contributed by atoms with E-state index in [4.69, 9.17) is 27.9 Å². The molecule has 1 atom stereocenters. The Morgan fingerprint density at radius 1 is 1.44 bits per heavy atom. The van der Waals surface area contributed by atoms with E-state index in [0.717, 1.165) is 6.42 Å². The molecule has 56 valence electrons. The molecule has 0 heterocycles. The molecule has 9 heavy (non-hydrogen) atoms. The van der Waals surface area contributed by atoms with Crippen LogP contribution in [0.2, 0.25) is 0 Å². The summed E-state index contributed by atoms with van der Waals surface area (Å²) in [5, 5.41) is 0. The van der Waals surface area contributed by atoms with Crippen molar-refractivity contribution in [1.82, 2.24) is 0 Å². The minimum Gasteiger partial charge on any atom is -0.377 e. The lowest BCUT2D eigenvalue weighted by molar-refractivity contribution is 0.0769. The standard InChI is InChI=1S/C6H12Cl2O/c1-2-9-6(5-8)3-4-7/h6H,2-5H2,1H3. The zero-order valence-corrected chi connectivity index (χ0v) is 7.08. The van der Waals surface area contributed by atoms with E-state index in [-0.39, 0.29) is 6.10 Å². The maximum absolute atomic E-state index is 5.54. The van der Waals surface area contributed by atoms with E-state index in [1.165, 1.54) is 0 Å². The second-order valence-corrected chi connectivity index (χ2v) is 2.40. The van der Waals surface area contributed by atoms with E-state index in [9.17, 15) is 0 Å². The van der Waals surface area contributed by atoms with Crippen molar-refractivity contribution in [2.75, 3.05) is 18.4 Å². The SMILES string of the molecule is CCOC(CCl)CCCl. The molecule has 0 bridgehead atoms. The number of ether oxygens (including phenoxy) is 1. The molecule has 0 spiro atoms. The van der Waals surface area contributed by atoms with Gasteiger partial charge in [-0.25, -0.2) is 0 Å². The van der Waals surface area contributed by atoms with E-state index in [2.05, 4.69) is 0 Å².